The Balaban J connectivity index is 2.00. The lowest BCUT2D eigenvalue weighted by Gasteiger charge is -2.27. The number of carbonyl (C=O) groups excluding carboxylic acids is 1. The van der Waals surface area contributed by atoms with E-state index >= 15 is 0 Å². The van der Waals surface area contributed by atoms with E-state index in [2.05, 4.69) is 16.0 Å². The molecule has 7 heteroatoms. The van der Waals surface area contributed by atoms with Gasteiger partial charge in [-0.2, -0.15) is 0 Å². The average molecular weight is 412 g/mol. The summed E-state index contributed by atoms with van der Waals surface area (Å²) in [6.07, 6.45) is 9.25. The molecule has 1 aromatic carbocycles. The number of aromatic nitrogens is 3. The number of hydrogen-bond acceptors (Lipinski definition) is 4. The standard InChI is InChI=1S/C22H26ClN5O/c1-13-11-16-15(9-10-28(16)21-19(23)20(24)25-12-26-21)18(14-7-5-4-6-8-14)17(13)22(29)27(2)3/h9-12,14H,4-8H2,1-3H3,(H2,24,25,26). The van der Waals surface area contributed by atoms with Crippen molar-refractivity contribution >= 4 is 34.2 Å². The summed E-state index contributed by atoms with van der Waals surface area (Å²) in [5.41, 5.74) is 9.85. The van der Waals surface area contributed by atoms with Gasteiger partial charge in [-0.15, -0.1) is 0 Å². The van der Waals surface area contributed by atoms with Gasteiger partial charge in [0, 0.05) is 31.2 Å². The Morgan fingerprint density at radius 1 is 1.24 bits per heavy atom. The average Bonchev–Trinajstić information content (AvgIpc) is 3.12. The number of aryl methyl sites for hydroxylation is 1. The Kier molecular flexibility index (Phi) is 5.21. The maximum Gasteiger partial charge on any atom is 0.253 e. The molecule has 4 rings (SSSR count). The molecule has 2 N–H and O–H groups in total. The second-order valence-corrected chi connectivity index (χ2v) is 8.41. The molecule has 152 valence electrons. The van der Waals surface area contributed by atoms with Crippen LogP contribution in [0.4, 0.5) is 5.82 Å². The Labute approximate surface area is 175 Å². The number of anilines is 1. The maximum absolute atomic E-state index is 13.1. The first-order valence-electron chi connectivity index (χ1n) is 10.0. The van der Waals surface area contributed by atoms with Crippen LogP contribution in [-0.2, 0) is 0 Å². The molecule has 0 aliphatic heterocycles. The van der Waals surface area contributed by atoms with Crippen LogP contribution >= 0.6 is 11.6 Å². The molecular formula is C22H26ClN5O. The predicted molar refractivity (Wildman–Crippen MR) is 117 cm³/mol. The van der Waals surface area contributed by atoms with Crippen LogP contribution in [0, 0.1) is 6.92 Å². The van der Waals surface area contributed by atoms with Crippen molar-refractivity contribution in [3.63, 3.8) is 0 Å². The second kappa shape index (κ2) is 7.67. The molecule has 0 spiro atoms. The molecule has 1 amide bonds. The number of benzene rings is 1. The van der Waals surface area contributed by atoms with E-state index < -0.39 is 0 Å². The van der Waals surface area contributed by atoms with Crippen molar-refractivity contribution in [2.75, 3.05) is 19.8 Å². The highest BCUT2D eigenvalue weighted by Crippen LogP contribution is 2.41. The van der Waals surface area contributed by atoms with E-state index in [4.69, 9.17) is 17.3 Å². The van der Waals surface area contributed by atoms with Gasteiger partial charge < -0.3 is 10.6 Å². The molecule has 1 fully saturated rings. The van der Waals surface area contributed by atoms with Crippen molar-refractivity contribution in [2.45, 2.75) is 44.9 Å². The van der Waals surface area contributed by atoms with Crippen molar-refractivity contribution in [1.29, 1.82) is 0 Å². The molecule has 1 saturated carbocycles. The van der Waals surface area contributed by atoms with Crippen LogP contribution in [0.2, 0.25) is 5.02 Å². The van der Waals surface area contributed by atoms with Crippen LogP contribution in [0.15, 0.2) is 24.7 Å². The minimum Gasteiger partial charge on any atom is -0.382 e. The maximum atomic E-state index is 13.1. The monoisotopic (exact) mass is 411 g/mol. The van der Waals surface area contributed by atoms with E-state index in [1.807, 2.05) is 37.8 Å². The molecule has 29 heavy (non-hydrogen) atoms. The summed E-state index contributed by atoms with van der Waals surface area (Å²) in [6.45, 7) is 2.01. The van der Waals surface area contributed by atoms with Gasteiger partial charge in [0.25, 0.3) is 5.91 Å². The number of nitrogen functional groups attached to an aromatic ring is 1. The van der Waals surface area contributed by atoms with Crippen LogP contribution in [0.5, 0.6) is 0 Å². The summed E-state index contributed by atoms with van der Waals surface area (Å²) in [5.74, 6) is 1.24. The lowest BCUT2D eigenvalue weighted by Crippen LogP contribution is -2.25. The zero-order valence-corrected chi connectivity index (χ0v) is 17.8. The lowest BCUT2D eigenvalue weighted by molar-refractivity contribution is 0.0825. The fourth-order valence-electron chi connectivity index (χ4n) is 4.49. The number of carbonyl (C=O) groups is 1. The molecule has 2 aromatic heterocycles. The van der Waals surface area contributed by atoms with Crippen molar-refractivity contribution < 1.29 is 4.79 Å². The largest absolute Gasteiger partial charge is 0.382 e. The normalized spacial score (nSPS) is 15.0. The van der Waals surface area contributed by atoms with Crippen molar-refractivity contribution in [1.82, 2.24) is 19.4 Å². The number of rotatable bonds is 3. The van der Waals surface area contributed by atoms with Gasteiger partial charge in [0.2, 0.25) is 0 Å². The first-order chi connectivity index (χ1) is 13.9. The first-order valence-corrected chi connectivity index (χ1v) is 10.4. The molecule has 6 nitrogen and oxygen atoms in total. The van der Waals surface area contributed by atoms with Crippen molar-refractivity contribution in [3.05, 3.63) is 46.4 Å². The van der Waals surface area contributed by atoms with Crippen LogP contribution in [-0.4, -0.2) is 39.4 Å². The lowest BCUT2D eigenvalue weighted by atomic mass is 9.79. The second-order valence-electron chi connectivity index (χ2n) is 8.03. The Morgan fingerprint density at radius 3 is 2.66 bits per heavy atom. The van der Waals surface area contributed by atoms with Crippen molar-refractivity contribution in [2.24, 2.45) is 0 Å². The summed E-state index contributed by atoms with van der Waals surface area (Å²) in [7, 11) is 3.62. The highest BCUT2D eigenvalue weighted by molar-refractivity contribution is 6.34. The van der Waals surface area contributed by atoms with E-state index in [9.17, 15) is 4.79 Å². The van der Waals surface area contributed by atoms with Gasteiger partial charge in [-0.25, -0.2) is 9.97 Å². The quantitative estimate of drug-likeness (QED) is 0.676. The molecule has 1 aliphatic rings. The topological polar surface area (TPSA) is 77.0 Å². The fraction of sp³-hybridized carbons (Fsp3) is 0.409. The van der Waals surface area contributed by atoms with E-state index in [1.165, 1.54) is 25.6 Å². The molecule has 3 aromatic rings. The third kappa shape index (κ3) is 3.35. The molecule has 0 bridgehead atoms. The van der Waals surface area contributed by atoms with E-state index in [0.717, 1.165) is 40.4 Å². The van der Waals surface area contributed by atoms with E-state index in [0.29, 0.717) is 16.8 Å². The molecule has 0 radical (unpaired) electrons. The smallest absolute Gasteiger partial charge is 0.253 e. The molecule has 0 unspecified atom stereocenters. The summed E-state index contributed by atoms with van der Waals surface area (Å²) >= 11 is 6.40. The number of fused-ring (bicyclic) bond motifs is 1. The highest BCUT2D eigenvalue weighted by atomic mass is 35.5. The number of amides is 1. The Morgan fingerprint density at radius 2 is 1.97 bits per heavy atom. The van der Waals surface area contributed by atoms with Gasteiger partial charge in [-0.3, -0.25) is 9.36 Å². The third-order valence-corrected chi connectivity index (χ3v) is 6.26. The minimum atomic E-state index is 0.0574. The van der Waals surface area contributed by atoms with Gasteiger partial charge >= 0.3 is 0 Å². The van der Waals surface area contributed by atoms with E-state index in [-0.39, 0.29) is 11.7 Å². The van der Waals surface area contributed by atoms with E-state index in [1.54, 1.807) is 4.90 Å². The number of nitrogens with two attached hydrogens (primary N) is 1. The SMILES string of the molecule is Cc1cc2c(ccn2-c2ncnc(N)c2Cl)c(C2CCCCC2)c1C(=O)N(C)C. The molecule has 0 saturated heterocycles. The molecular weight excluding hydrogens is 386 g/mol. The number of nitrogens with zero attached hydrogens (tertiary/aromatic N) is 4. The van der Waals surface area contributed by atoms with Crippen molar-refractivity contribution in [3.8, 4) is 5.82 Å². The molecule has 0 atom stereocenters. The first kappa shape index (κ1) is 19.7. The third-order valence-electron chi connectivity index (χ3n) is 5.89. The summed E-state index contributed by atoms with van der Waals surface area (Å²) < 4.78 is 1.94. The van der Waals surface area contributed by atoms with Gasteiger partial charge in [-0.1, -0.05) is 30.9 Å². The van der Waals surface area contributed by atoms with Gasteiger partial charge in [0.05, 0.1) is 5.52 Å². The van der Waals surface area contributed by atoms with Crippen LogP contribution in [0.3, 0.4) is 0 Å². The zero-order chi connectivity index (χ0) is 20.7. The summed E-state index contributed by atoms with van der Waals surface area (Å²) in [6, 6.07) is 4.12. The summed E-state index contributed by atoms with van der Waals surface area (Å²) in [4.78, 5) is 23.1. The van der Waals surface area contributed by atoms with Gasteiger partial charge in [0.15, 0.2) is 5.82 Å². The fourth-order valence-corrected chi connectivity index (χ4v) is 4.68. The number of halogens is 1. The summed E-state index contributed by atoms with van der Waals surface area (Å²) in [5, 5.41) is 1.41. The van der Waals surface area contributed by atoms with Crippen LogP contribution in [0.1, 0.15) is 59.5 Å². The predicted octanol–water partition coefficient (Wildman–Crippen LogP) is 4.71. The number of hydrogen-bond donors (Lipinski definition) is 1. The zero-order valence-electron chi connectivity index (χ0n) is 17.1. The Hall–Kier alpha value is -2.60. The highest BCUT2D eigenvalue weighted by Gasteiger charge is 2.27. The minimum absolute atomic E-state index is 0.0574. The van der Waals surface area contributed by atoms with Crippen LogP contribution in [0.25, 0.3) is 16.7 Å². The van der Waals surface area contributed by atoms with Gasteiger partial charge in [0.1, 0.15) is 17.2 Å². The Bertz CT molecular complexity index is 1080. The molecule has 1 aliphatic carbocycles. The van der Waals surface area contributed by atoms with Crippen LogP contribution < -0.4 is 5.73 Å². The van der Waals surface area contributed by atoms with Gasteiger partial charge in [-0.05, 0) is 48.9 Å². The molecule has 2 heterocycles.